The third-order valence-electron chi connectivity index (χ3n) is 5.76. The second-order valence-corrected chi connectivity index (χ2v) is 7.60. The van der Waals surface area contributed by atoms with E-state index in [9.17, 15) is 14.4 Å². The van der Waals surface area contributed by atoms with E-state index < -0.39 is 12.1 Å². The average molecular weight is 391 g/mol. The lowest BCUT2D eigenvalue weighted by Gasteiger charge is -2.45. The van der Waals surface area contributed by atoms with Crippen molar-refractivity contribution in [3.8, 4) is 0 Å². The number of nitrogens with one attached hydrogen (secondary N) is 1. The number of rotatable bonds is 4. The Labute approximate surface area is 170 Å². The highest BCUT2D eigenvalue weighted by Gasteiger charge is 2.44. The topological polar surface area (TPSA) is 69.7 Å². The molecular formula is C23H25N3O3. The fourth-order valence-corrected chi connectivity index (χ4v) is 4.04. The van der Waals surface area contributed by atoms with Gasteiger partial charge in [-0.3, -0.25) is 14.4 Å². The maximum absolute atomic E-state index is 12.9. The highest BCUT2D eigenvalue weighted by Crippen LogP contribution is 2.20. The number of carbonyl (C=O) groups is 3. The molecule has 2 saturated heterocycles. The smallest absolute Gasteiger partial charge is 0.253 e. The van der Waals surface area contributed by atoms with Gasteiger partial charge in [-0.1, -0.05) is 49.4 Å². The number of aryl methyl sites for hydroxylation is 1. The van der Waals surface area contributed by atoms with E-state index in [1.165, 1.54) is 5.56 Å². The van der Waals surface area contributed by atoms with Crippen LogP contribution in [0.4, 0.5) is 0 Å². The van der Waals surface area contributed by atoms with Crippen LogP contribution >= 0.6 is 0 Å². The minimum Gasteiger partial charge on any atom is -0.342 e. The lowest BCUT2D eigenvalue weighted by Crippen LogP contribution is -2.70. The number of hydrogen-bond acceptors (Lipinski definition) is 3. The second kappa shape index (κ2) is 8.07. The summed E-state index contributed by atoms with van der Waals surface area (Å²) in [6, 6.07) is 16.1. The van der Waals surface area contributed by atoms with Gasteiger partial charge in [0.25, 0.3) is 5.91 Å². The standard InChI is InChI=1S/C23H25N3O3/c1-2-16-8-10-18(11-9-16)22(28)25-12-13-26-20(15-25)21(27)24-19(23(26)29)14-17-6-4-3-5-7-17/h3-11,19-20H,2,12-15H2,1H3,(H,24,27)/t19-,20-/m1/s1. The SMILES string of the molecule is CCc1ccc(C(=O)N2CCN3C(=O)[C@@H](Cc4ccccc4)NC(=O)[C@H]3C2)cc1. The van der Waals surface area contributed by atoms with Crippen LogP contribution in [0.5, 0.6) is 0 Å². The highest BCUT2D eigenvalue weighted by molar-refractivity contribution is 5.99. The number of amides is 3. The molecule has 29 heavy (non-hydrogen) atoms. The summed E-state index contributed by atoms with van der Waals surface area (Å²) in [7, 11) is 0. The van der Waals surface area contributed by atoms with Crippen LogP contribution in [0.3, 0.4) is 0 Å². The van der Waals surface area contributed by atoms with Gasteiger partial charge in [0.05, 0.1) is 6.54 Å². The molecule has 6 heteroatoms. The maximum atomic E-state index is 12.9. The van der Waals surface area contributed by atoms with Crippen LogP contribution in [0.15, 0.2) is 54.6 Å². The lowest BCUT2D eigenvalue weighted by molar-refractivity contribution is -0.152. The minimum atomic E-state index is -0.623. The molecule has 0 bridgehead atoms. The molecule has 1 N–H and O–H groups in total. The van der Waals surface area contributed by atoms with Gasteiger partial charge in [0.1, 0.15) is 12.1 Å². The Kier molecular flexibility index (Phi) is 5.34. The molecule has 0 aromatic heterocycles. The number of hydrogen-bond donors (Lipinski definition) is 1. The zero-order valence-electron chi connectivity index (χ0n) is 16.5. The molecule has 150 valence electrons. The molecule has 0 saturated carbocycles. The van der Waals surface area contributed by atoms with Crippen molar-refractivity contribution >= 4 is 17.7 Å². The van der Waals surface area contributed by atoms with Crippen molar-refractivity contribution in [2.45, 2.75) is 31.8 Å². The highest BCUT2D eigenvalue weighted by atomic mass is 16.2. The quantitative estimate of drug-likeness (QED) is 0.862. The Morgan fingerprint density at radius 2 is 1.72 bits per heavy atom. The van der Waals surface area contributed by atoms with Crippen molar-refractivity contribution < 1.29 is 14.4 Å². The van der Waals surface area contributed by atoms with Crippen molar-refractivity contribution in [1.82, 2.24) is 15.1 Å². The minimum absolute atomic E-state index is 0.0714. The zero-order chi connectivity index (χ0) is 20.4. The average Bonchev–Trinajstić information content (AvgIpc) is 2.77. The van der Waals surface area contributed by atoms with Crippen LogP contribution in [-0.4, -0.2) is 59.2 Å². The molecule has 2 fully saturated rings. The van der Waals surface area contributed by atoms with Crippen molar-refractivity contribution in [2.24, 2.45) is 0 Å². The van der Waals surface area contributed by atoms with Gasteiger partial charge in [-0.2, -0.15) is 0 Å². The van der Waals surface area contributed by atoms with E-state index in [0.29, 0.717) is 25.1 Å². The maximum Gasteiger partial charge on any atom is 0.253 e. The number of fused-ring (bicyclic) bond motifs is 1. The Bertz CT molecular complexity index is 911. The van der Waals surface area contributed by atoms with Gasteiger partial charge in [-0.05, 0) is 29.7 Å². The monoisotopic (exact) mass is 391 g/mol. The van der Waals surface area contributed by atoms with Crippen LogP contribution in [-0.2, 0) is 22.4 Å². The molecule has 2 heterocycles. The third-order valence-corrected chi connectivity index (χ3v) is 5.76. The van der Waals surface area contributed by atoms with Gasteiger partial charge in [0, 0.05) is 25.1 Å². The molecule has 6 nitrogen and oxygen atoms in total. The first-order valence-electron chi connectivity index (χ1n) is 10.1. The summed E-state index contributed by atoms with van der Waals surface area (Å²) in [6.45, 7) is 3.10. The van der Waals surface area contributed by atoms with E-state index in [-0.39, 0.29) is 24.3 Å². The van der Waals surface area contributed by atoms with E-state index >= 15 is 0 Å². The molecule has 2 aliphatic rings. The first kappa shape index (κ1) is 19.2. The first-order chi connectivity index (χ1) is 14.1. The van der Waals surface area contributed by atoms with E-state index in [4.69, 9.17) is 0 Å². The van der Waals surface area contributed by atoms with Crippen molar-refractivity contribution in [2.75, 3.05) is 19.6 Å². The van der Waals surface area contributed by atoms with Gasteiger partial charge < -0.3 is 15.1 Å². The Balaban J connectivity index is 1.44. The number of nitrogens with zero attached hydrogens (tertiary/aromatic N) is 2. The zero-order valence-corrected chi connectivity index (χ0v) is 16.5. The van der Waals surface area contributed by atoms with E-state index in [1.807, 2.05) is 54.6 Å². The van der Waals surface area contributed by atoms with Crippen LogP contribution < -0.4 is 5.32 Å². The summed E-state index contributed by atoms with van der Waals surface area (Å²) in [5, 5.41) is 2.86. The van der Waals surface area contributed by atoms with Crippen LogP contribution in [0.25, 0.3) is 0 Å². The number of benzene rings is 2. The second-order valence-electron chi connectivity index (χ2n) is 7.60. The Hall–Kier alpha value is -3.15. The third kappa shape index (κ3) is 3.88. The Morgan fingerprint density at radius 1 is 1.00 bits per heavy atom. The summed E-state index contributed by atoms with van der Waals surface area (Å²) >= 11 is 0. The molecule has 0 unspecified atom stereocenters. The predicted molar refractivity (Wildman–Crippen MR) is 109 cm³/mol. The van der Waals surface area contributed by atoms with Crippen LogP contribution in [0, 0.1) is 0 Å². The normalized spacial score (nSPS) is 21.6. The molecule has 4 rings (SSSR count). The van der Waals surface area contributed by atoms with Gasteiger partial charge in [0.2, 0.25) is 11.8 Å². The number of piperazine rings is 2. The van der Waals surface area contributed by atoms with Gasteiger partial charge >= 0.3 is 0 Å². The fraction of sp³-hybridized carbons (Fsp3) is 0.348. The lowest BCUT2D eigenvalue weighted by atomic mass is 9.98. The van der Waals surface area contributed by atoms with E-state index in [1.54, 1.807) is 9.80 Å². The van der Waals surface area contributed by atoms with Crippen molar-refractivity contribution in [3.05, 3.63) is 71.3 Å². The molecule has 3 amide bonds. The Morgan fingerprint density at radius 3 is 2.41 bits per heavy atom. The van der Waals surface area contributed by atoms with Crippen LogP contribution in [0.2, 0.25) is 0 Å². The summed E-state index contributed by atoms with van der Waals surface area (Å²) in [4.78, 5) is 41.8. The van der Waals surface area contributed by atoms with Gasteiger partial charge in [0.15, 0.2) is 0 Å². The van der Waals surface area contributed by atoms with Crippen molar-refractivity contribution in [1.29, 1.82) is 0 Å². The molecule has 0 radical (unpaired) electrons. The fourth-order valence-electron chi connectivity index (χ4n) is 4.04. The molecule has 2 aromatic rings. The summed E-state index contributed by atoms with van der Waals surface area (Å²) in [5.41, 5.74) is 2.79. The van der Waals surface area contributed by atoms with E-state index in [2.05, 4.69) is 12.2 Å². The van der Waals surface area contributed by atoms with Crippen LogP contribution in [0.1, 0.15) is 28.4 Å². The summed E-state index contributed by atoms with van der Waals surface area (Å²) in [5.74, 6) is -0.360. The molecule has 2 aliphatic heterocycles. The first-order valence-corrected chi connectivity index (χ1v) is 10.1. The molecule has 2 aromatic carbocycles. The number of carbonyl (C=O) groups excluding carboxylic acids is 3. The van der Waals surface area contributed by atoms with E-state index in [0.717, 1.165) is 12.0 Å². The molecular weight excluding hydrogens is 366 g/mol. The largest absolute Gasteiger partial charge is 0.342 e. The molecule has 2 atom stereocenters. The summed E-state index contributed by atoms with van der Waals surface area (Å²) in [6.07, 6.45) is 1.39. The molecule has 0 spiro atoms. The van der Waals surface area contributed by atoms with Gasteiger partial charge in [-0.15, -0.1) is 0 Å². The van der Waals surface area contributed by atoms with Crippen molar-refractivity contribution in [3.63, 3.8) is 0 Å². The van der Waals surface area contributed by atoms with Gasteiger partial charge in [-0.25, -0.2) is 0 Å². The summed E-state index contributed by atoms with van der Waals surface area (Å²) < 4.78 is 0. The predicted octanol–water partition coefficient (Wildman–Crippen LogP) is 1.64. The molecule has 0 aliphatic carbocycles.